The van der Waals surface area contributed by atoms with Gasteiger partial charge in [-0.05, 0) is 42.2 Å². The Morgan fingerprint density at radius 2 is 2.00 bits per heavy atom. The third-order valence-corrected chi connectivity index (χ3v) is 4.92. The van der Waals surface area contributed by atoms with Crippen molar-refractivity contribution in [3.63, 3.8) is 0 Å². The van der Waals surface area contributed by atoms with Crippen molar-refractivity contribution in [2.45, 2.75) is 24.9 Å². The Morgan fingerprint density at radius 1 is 1.20 bits per heavy atom. The average Bonchev–Trinajstić information content (AvgIpc) is 2.95. The van der Waals surface area contributed by atoms with Crippen LogP contribution in [0.25, 0.3) is 0 Å². The van der Waals surface area contributed by atoms with Crippen LogP contribution >= 0.6 is 0 Å². The summed E-state index contributed by atoms with van der Waals surface area (Å²) < 4.78 is 33.3. The van der Waals surface area contributed by atoms with Crippen molar-refractivity contribution >= 4 is 11.6 Å². The summed E-state index contributed by atoms with van der Waals surface area (Å²) in [7, 11) is 1.70. The topological polar surface area (TPSA) is 41.6 Å². The highest BCUT2D eigenvalue weighted by Crippen LogP contribution is 2.35. The van der Waals surface area contributed by atoms with Crippen LogP contribution in [0, 0.1) is 11.6 Å². The molecule has 1 aliphatic carbocycles. The average molecular weight is 344 g/mol. The fourth-order valence-electron chi connectivity index (χ4n) is 3.63. The molecule has 25 heavy (non-hydrogen) atoms. The largest absolute Gasteiger partial charge is 0.489 e. The molecule has 4 rings (SSSR count). The summed E-state index contributed by atoms with van der Waals surface area (Å²) in [6.07, 6.45) is 1.15. The second kappa shape index (κ2) is 6.11. The van der Waals surface area contributed by atoms with Crippen LogP contribution in [0.1, 0.15) is 23.6 Å². The second-order valence-electron chi connectivity index (χ2n) is 6.44. The maximum atomic E-state index is 13.9. The number of nitrogens with one attached hydrogen (secondary N) is 1. The summed E-state index contributed by atoms with van der Waals surface area (Å²) in [4.78, 5) is 14.3. The van der Waals surface area contributed by atoms with Gasteiger partial charge in [-0.15, -0.1) is 0 Å². The van der Waals surface area contributed by atoms with Crippen LogP contribution in [0.5, 0.6) is 5.75 Å². The molecular formula is C19H18F2N2O2. The highest BCUT2D eigenvalue weighted by molar-refractivity contribution is 5.98. The zero-order chi connectivity index (χ0) is 17.6. The van der Waals surface area contributed by atoms with Gasteiger partial charge in [-0.3, -0.25) is 10.1 Å². The predicted octanol–water partition coefficient (Wildman–Crippen LogP) is 2.97. The molecule has 1 amide bonds. The Bertz CT molecular complexity index is 840. The van der Waals surface area contributed by atoms with Gasteiger partial charge in [0.05, 0.1) is 5.69 Å². The van der Waals surface area contributed by atoms with Gasteiger partial charge in [-0.2, -0.15) is 0 Å². The van der Waals surface area contributed by atoms with E-state index in [0.29, 0.717) is 35.4 Å². The molecule has 130 valence electrons. The zero-order valence-electron chi connectivity index (χ0n) is 13.8. The number of hydrogen-bond acceptors (Lipinski definition) is 3. The van der Waals surface area contributed by atoms with Gasteiger partial charge < -0.3 is 9.64 Å². The second-order valence-corrected chi connectivity index (χ2v) is 6.44. The van der Waals surface area contributed by atoms with Crippen LogP contribution in [-0.2, 0) is 11.2 Å². The van der Waals surface area contributed by atoms with Gasteiger partial charge in [0.2, 0.25) is 5.91 Å². The van der Waals surface area contributed by atoms with Crippen LogP contribution in [0.15, 0.2) is 36.4 Å². The van der Waals surface area contributed by atoms with Crippen molar-refractivity contribution in [2.75, 3.05) is 18.6 Å². The number of benzene rings is 2. The number of rotatable bonds is 2. The number of likely N-dealkylation sites (N-methyl/N-ethyl adjacent to an activating group) is 1. The minimum Gasteiger partial charge on any atom is -0.489 e. The first kappa shape index (κ1) is 16.0. The first-order valence-electron chi connectivity index (χ1n) is 8.28. The summed E-state index contributed by atoms with van der Waals surface area (Å²) in [5.74, 6) is -0.605. The lowest BCUT2D eigenvalue weighted by Gasteiger charge is -2.24. The first-order valence-corrected chi connectivity index (χ1v) is 8.28. The molecule has 2 aliphatic rings. The molecule has 0 saturated heterocycles. The third kappa shape index (κ3) is 2.76. The maximum Gasteiger partial charge on any atom is 0.247 e. The van der Waals surface area contributed by atoms with Gasteiger partial charge >= 0.3 is 0 Å². The van der Waals surface area contributed by atoms with Crippen molar-refractivity contribution in [1.29, 1.82) is 0 Å². The molecule has 0 spiro atoms. The van der Waals surface area contributed by atoms with Gasteiger partial charge in [0.25, 0.3) is 0 Å². The van der Waals surface area contributed by atoms with Gasteiger partial charge in [-0.1, -0.05) is 12.1 Å². The lowest BCUT2D eigenvalue weighted by molar-refractivity contribution is -0.120. The van der Waals surface area contributed by atoms with Crippen molar-refractivity contribution in [3.8, 4) is 5.75 Å². The van der Waals surface area contributed by atoms with Crippen molar-refractivity contribution in [3.05, 3.63) is 59.2 Å². The number of hydrogen-bond donors (Lipinski definition) is 1. The standard InChI is InChI=1S/C19H18F2N2O2/c1-23-17-4-2-3-5-18(17)25-10-16(19(23)24)22-15-7-6-12-13(15)8-11(20)9-14(12)21/h2-5,8-9,15-16,22H,6-7,10H2,1H3/t15?,16-/m0/s1. The molecule has 0 aromatic heterocycles. The minimum atomic E-state index is -0.599. The highest BCUT2D eigenvalue weighted by atomic mass is 19.1. The molecule has 2 aromatic rings. The zero-order valence-corrected chi connectivity index (χ0v) is 13.8. The SMILES string of the molecule is CN1C(=O)[C@@H](NC2CCc3c(F)cc(F)cc32)COc2ccccc21. The van der Waals surface area contributed by atoms with Crippen LogP contribution in [0.2, 0.25) is 0 Å². The smallest absolute Gasteiger partial charge is 0.247 e. The number of halogens is 2. The molecular weight excluding hydrogens is 326 g/mol. The quantitative estimate of drug-likeness (QED) is 0.911. The Labute approximate surface area is 144 Å². The Hall–Kier alpha value is -2.47. The highest BCUT2D eigenvalue weighted by Gasteiger charge is 2.34. The fraction of sp³-hybridized carbons (Fsp3) is 0.316. The normalized spacial score (nSPS) is 22.2. The van der Waals surface area contributed by atoms with E-state index in [-0.39, 0.29) is 18.6 Å². The van der Waals surface area contributed by atoms with E-state index < -0.39 is 17.7 Å². The van der Waals surface area contributed by atoms with E-state index in [9.17, 15) is 13.6 Å². The predicted molar refractivity (Wildman–Crippen MR) is 89.7 cm³/mol. The molecule has 1 aliphatic heterocycles. The lowest BCUT2D eigenvalue weighted by Crippen LogP contribution is -2.48. The summed E-state index contributed by atoms with van der Waals surface area (Å²) in [6, 6.07) is 8.74. The number of nitrogens with zero attached hydrogens (tertiary/aromatic N) is 1. The van der Waals surface area contributed by atoms with E-state index in [1.54, 1.807) is 11.9 Å². The van der Waals surface area contributed by atoms with E-state index in [1.165, 1.54) is 6.07 Å². The van der Waals surface area contributed by atoms with Crippen LogP contribution in [0.3, 0.4) is 0 Å². The van der Waals surface area contributed by atoms with Crippen LogP contribution in [-0.4, -0.2) is 25.6 Å². The number of para-hydroxylation sites is 2. The molecule has 4 nitrogen and oxygen atoms in total. The summed E-state index contributed by atoms with van der Waals surface area (Å²) in [5, 5.41) is 3.23. The third-order valence-electron chi connectivity index (χ3n) is 4.92. The molecule has 6 heteroatoms. The minimum absolute atomic E-state index is 0.129. The van der Waals surface area contributed by atoms with Gasteiger partial charge in [0, 0.05) is 19.2 Å². The van der Waals surface area contributed by atoms with E-state index in [0.717, 1.165) is 6.07 Å². The molecule has 1 N–H and O–H groups in total. The van der Waals surface area contributed by atoms with E-state index in [2.05, 4.69) is 5.32 Å². The van der Waals surface area contributed by atoms with Gasteiger partial charge in [0.15, 0.2) is 0 Å². The molecule has 0 fully saturated rings. The van der Waals surface area contributed by atoms with Crippen LogP contribution < -0.4 is 15.0 Å². The number of ether oxygens (including phenoxy) is 1. The van der Waals surface area contributed by atoms with Crippen molar-refractivity contribution in [1.82, 2.24) is 5.32 Å². The number of carbonyl (C=O) groups is 1. The molecule has 1 unspecified atom stereocenters. The summed E-state index contributed by atoms with van der Waals surface area (Å²) >= 11 is 0. The van der Waals surface area contributed by atoms with E-state index in [4.69, 9.17) is 4.74 Å². The number of carbonyl (C=O) groups excluding carboxylic acids is 1. The molecule has 2 atom stereocenters. The monoisotopic (exact) mass is 344 g/mol. The molecule has 0 bridgehead atoms. The van der Waals surface area contributed by atoms with E-state index in [1.807, 2.05) is 24.3 Å². The molecule has 0 saturated carbocycles. The summed E-state index contributed by atoms with van der Waals surface area (Å²) in [5.41, 5.74) is 1.83. The number of fused-ring (bicyclic) bond motifs is 2. The molecule has 0 radical (unpaired) electrons. The van der Waals surface area contributed by atoms with Crippen molar-refractivity contribution in [2.24, 2.45) is 0 Å². The summed E-state index contributed by atoms with van der Waals surface area (Å²) in [6.45, 7) is 0.170. The van der Waals surface area contributed by atoms with Crippen LogP contribution in [0.4, 0.5) is 14.5 Å². The number of amides is 1. The molecule has 2 aromatic carbocycles. The Morgan fingerprint density at radius 3 is 2.84 bits per heavy atom. The Kier molecular flexibility index (Phi) is 3.92. The Balaban J connectivity index is 1.58. The molecule has 1 heterocycles. The number of anilines is 1. The lowest BCUT2D eigenvalue weighted by atomic mass is 10.1. The van der Waals surface area contributed by atoms with Crippen molar-refractivity contribution < 1.29 is 18.3 Å². The van der Waals surface area contributed by atoms with E-state index >= 15 is 0 Å². The maximum absolute atomic E-state index is 13.9. The van der Waals surface area contributed by atoms with Gasteiger partial charge in [0.1, 0.15) is 30.0 Å². The first-order chi connectivity index (χ1) is 12.0. The van der Waals surface area contributed by atoms with Gasteiger partial charge in [-0.25, -0.2) is 8.78 Å². The fourth-order valence-corrected chi connectivity index (χ4v) is 3.63.